The van der Waals surface area contributed by atoms with E-state index >= 15 is 0 Å². The number of nitriles is 1. The smallest absolute Gasteiger partial charge is 0.103 e. The molecule has 0 saturated carbocycles. The van der Waals surface area contributed by atoms with Crippen LogP contribution in [0.5, 0.6) is 0 Å². The summed E-state index contributed by atoms with van der Waals surface area (Å²) in [5.41, 5.74) is 2.46. The molecule has 0 spiro atoms. The van der Waals surface area contributed by atoms with E-state index in [-0.39, 0.29) is 0 Å². The lowest BCUT2D eigenvalue weighted by atomic mass is 10.2. The lowest BCUT2D eigenvalue weighted by Crippen LogP contribution is -1.98. The molecule has 2 rings (SSSR count). The number of hydrogen-bond donors (Lipinski definition) is 0. The van der Waals surface area contributed by atoms with E-state index < -0.39 is 0 Å². The summed E-state index contributed by atoms with van der Waals surface area (Å²) in [5.74, 6) is 0. The minimum absolute atomic E-state index is 0.598. The summed E-state index contributed by atoms with van der Waals surface area (Å²) in [4.78, 5) is 0. The fraction of sp³-hybridized carbons (Fsp3) is 0.0909. The standard InChI is InChI=1S/C11H8BrN3/c1-8-6-14-15(7-8)11-4-2-3-10(12)9(11)5-13/h2-4,6-7H,1H3. The van der Waals surface area contributed by atoms with Crippen LogP contribution in [0.4, 0.5) is 0 Å². The van der Waals surface area contributed by atoms with E-state index in [1.165, 1.54) is 0 Å². The van der Waals surface area contributed by atoms with Gasteiger partial charge in [-0.2, -0.15) is 10.4 Å². The van der Waals surface area contributed by atoms with Crippen molar-refractivity contribution in [2.75, 3.05) is 0 Å². The second-order valence-electron chi connectivity index (χ2n) is 3.21. The van der Waals surface area contributed by atoms with Crippen LogP contribution in [-0.4, -0.2) is 9.78 Å². The number of benzene rings is 1. The number of halogens is 1. The fourth-order valence-electron chi connectivity index (χ4n) is 1.36. The molecule has 0 fully saturated rings. The van der Waals surface area contributed by atoms with Crippen molar-refractivity contribution in [3.63, 3.8) is 0 Å². The van der Waals surface area contributed by atoms with Gasteiger partial charge < -0.3 is 0 Å². The SMILES string of the molecule is Cc1cnn(-c2cccc(Br)c2C#N)c1. The van der Waals surface area contributed by atoms with Gasteiger partial charge in [-0.3, -0.25) is 0 Å². The van der Waals surface area contributed by atoms with Crippen molar-refractivity contribution in [1.82, 2.24) is 9.78 Å². The summed E-state index contributed by atoms with van der Waals surface area (Å²) in [6.45, 7) is 1.97. The molecule has 0 aliphatic heterocycles. The third-order valence-corrected chi connectivity index (χ3v) is 2.72. The summed E-state index contributed by atoms with van der Waals surface area (Å²) < 4.78 is 2.49. The molecule has 3 nitrogen and oxygen atoms in total. The van der Waals surface area contributed by atoms with Crippen molar-refractivity contribution in [2.45, 2.75) is 6.92 Å². The summed E-state index contributed by atoms with van der Waals surface area (Å²) in [5, 5.41) is 13.2. The van der Waals surface area contributed by atoms with Gasteiger partial charge in [-0.25, -0.2) is 4.68 Å². The highest BCUT2D eigenvalue weighted by atomic mass is 79.9. The van der Waals surface area contributed by atoms with E-state index in [0.717, 1.165) is 15.7 Å². The second-order valence-corrected chi connectivity index (χ2v) is 4.06. The monoisotopic (exact) mass is 261 g/mol. The predicted molar refractivity (Wildman–Crippen MR) is 60.7 cm³/mol. The van der Waals surface area contributed by atoms with E-state index in [1.807, 2.05) is 31.3 Å². The molecule has 0 aliphatic carbocycles. The zero-order chi connectivity index (χ0) is 10.8. The van der Waals surface area contributed by atoms with Gasteiger partial charge in [0.15, 0.2) is 0 Å². The second kappa shape index (κ2) is 3.87. The minimum Gasteiger partial charge on any atom is -0.239 e. The molecule has 0 atom stereocenters. The van der Waals surface area contributed by atoms with Crippen LogP contribution < -0.4 is 0 Å². The van der Waals surface area contributed by atoms with Crippen molar-refractivity contribution >= 4 is 15.9 Å². The highest BCUT2D eigenvalue weighted by molar-refractivity contribution is 9.10. The first-order chi connectivity index (χ1) is 7.22. The third kappa shape index (κ3) is 1.79. The predicted octanol–water partition coefficient (Wildman–Crippen LogP) is 2.81. The molecule has 74 valence electrons. The van der Waals surface area contributed by atoms with Gasteiger partial charge in [0.1, 0.15) is 6.07 Å². The molecule has 0 amide bonds. The highest BCUT2D eigenvalue weighted by Crippen LogP contribution is 2.22. The minimum atomic E-state index is 0.598. The molecule has 0 bridgehead atoms. The van der Waals surface area contributed by atoms with Gasteiger partial charge in [0.05, 0.1) is 17.4 Å². The van der Waals surface area contributed by atoms with Crippen LogP contribution in [0, 0.1) is 18.3 Å². The molecular formula is C11H8BrN3. The topological polar surface area (TPSA) is 41.6 Å². The molecule has 0 aliphatic rings. The normalized spacial score (nSPS) is 9.93. The Kier molecular flexibility index (Phi) is 2.57. The van der Waals surface area contributed by atoms with Gasteiger partial charge in [0.2, 0.25) is 0 Å². The Hall–Kier alpha value is -1.60. The Balaban J connectivity index is 2.63. The Morgan fingerprint density at radius 3 is 2.87 bits per heavy atom. The number of nitrogens with zero attached hydrogens (tertiary/aromatic N) is 3. The number of aromatic nitrogens is 2. The summed E-state index contributed by atoms with van der Waals surface area (Å²) >= 11 is 3.35. The van der Waals surface area contributed by atoms with Crippen LogP contribution in [-0.2, 0) is 0 Å². The molecule has 1 aromatic carbocycles. The van der Waals surface area contributed by atoms with Crippen LogP contribution >= 0.6 is 15.9 Å². The molecule has 1 aromatic heterocycles. The lowest BCUT2D eigenvalue weighted by molar-refractivity contribution is 0.876. The van der Waals surface area contributed by atoms with Gasteiger partial charge in [0, 0.05) is 10.7 Å². The number of aryl methyl sites for hydroxylation is 1. The van der Waals surface area contributed by atoms with Crippen LogP contribution in [0.3, 0.4) is 0 Å². The van der Waals surface area contributed by atoms with Gasteiger partial charge in [-0.1, -0.05) is 6.07 Å². The van der Waals surface area contributed by atoms with E-state index in [9.17, 15) is 0 Å². The fourth-order valence-corrected chi connectivity index (χ4v) is 1.80. The average Bonchev–Trinajstić information content (AvgIpc) is 2.64. The Morgan fingerprint density at radius 1 is 1.47 bits per heavy atom. The average molecular weight is 262 g/mol. The lowest BCUT2D eigenvalue weighted by Gasteiger charge is -2.04. The maximum atomic E-state index is 9.05. The number of rotatable bonds is 1. The highest BCUT2D eigenvalue weighted by Gasteiger charge is 2.08. The van der Waals surface area contributed by atoms with Crippen molar-refractivity contribution in [3.05, 3.63) is 46.2 Å². The first-order valence-corrected chi connectivity index (χ1v) is 5.22. The van der Waals surface area contributed by atoms with Crippen LogP contribution in [0.15, 0.2) is 35.1 Å². The van der Waals surface area contributed by atoms with E-state index in [4.69, 9.17) is 5.26 Å². The summed E-state index contributed by atoms with van der Waals surface area (Å²) in [6.07, 6.45) is 3.66. The van der Waals surface area contributed by atoms with E-state index in [0.29, 0.717) is 5.56 Å². The molecule has 0 saturated heterocycles. The Bertz CT molecular complexity index is 537. The van der Waals surface area contributed by atoms with Crippen molar-refractivity contribution in [3.8, 4) is 11.8 Å². The zero-order valence-corrected chi connectivity index (χ0v) is 9.69. The van der Waals surface area contributed by atoms with E-state index in [1.54, 1.807) is 10.9 Å². The Morgan fingerprint density at radius 2 is 2.27 bits per heavy atom. The maximum absolute atomic E-state index is 9.05. The van der Waals surface area contributed by atoms with Gasteiger partial charge in [-0.15, -0.1) is 0 Å². The quantitative estimate of drug-likeness (QED) is 0.792. The molecule has 0 radical (unpaired) electrons. The van der Waals surface area contributed by atoms with Crippen LogP contribution in [0.1, 0.15) is 11.1 Å². The van der Waals surface area contributed by atoms with Crippen molar-refractivity contribution in [1.29, 1.82) is 5.26 Å². The van der Waals surface area contributed by atoms with Crippen LogP contribution in [0.2, 0.25) is 0 Å². The largest absolute Gasteiger partial charge is 0.239 e. The zero-order valence-electron chi connectivity index (χ0n) is 8.11. The van der Waals surface area contributed by atoms with E-state index in [2.05, 4.69) is 27.1 Å². The van der Waals surface area contributed by atoms with Gasteiger partial charge in [0.25, 0.3) is 0 Å². The third-order valence-electron chi connectivity index (χ3n) is 2.06. The molecular weight excluding hydrogens is 254 g/mol. The molecule has 15 heavy (non-hydrogen) atoms. The van der Waals surface area contributed by atoms with Gasteiger partial charge in [-0.05, 0) is 40.5 Å². The molecule has 0 unspecified atom stereocenters. The Labute approximate surface area is 96.1 Å². The van der Waals surface area contributed by atoms with Gasteiger partial charge >= 0.3 is 0 Å². The van der Waals surface area contributed by atoms with Crippen molar-refractivity contribution in [2.24, 2.45) is 0 Å². The van der Waals surface area contributed by atoms with Crippen molar-refractivity contribution < 1.29 is 0 Å². The van der Waals surface area contributed by atoms with Crippen LogP contribution in [0.25, 0.3) is 5.69 Å². The first-order valence-electron chi connectivity index (χ1n) is 4.42. The molecule has 0 N–H and O–H groups in total. The number of hydrogen-bond acceptors (Lipinski definition) is 2. The maximum Gasteiger partial charge on any atom is 0.103 e. The molecule has 4 heteroatoms. The summed E-state index contributed by atoms with van der Waals surface area (Å²) in [6, 6.07) is 7.77. The summed E-state index contributed by atoms with van der Waals surface area (Å²) in [7, 11) is 0. The first kappa shape index (κ1) is 9.94. The molecule has 2 aromatic rings. The molecule has 1 heterocycles.